The number of nitrogens with one attached hydrogen (secondary N) is 1. The van der Waals surface area contributed by atoms with Crippen LogP contribution < -0.4 is 15.0 Å². The highest BCUT2D eigenvalue weighted by atomic mass is 16.5. The molecule has 0 unspecified atom stereocenters. The molecular formula is C24H33N3O3. The molecule has 1 aliphatic heterocycles. The van der Waals surface area contributed by atoms with Crippen LogP contribution in [0.25, 0.3) is 0 Å². The molecule has 0 aliphatic carbocycles. The highest BCUT2D eigenvalue weighted by Crippen LogP contribution is 2.21. The molecule has 6 heteroatoms. The summed E-state index contributed by atoms with van der Waals surface area (Å²) in [5.41, 5.74) is 3.36. The Kier molecular flexibility index (Phi) is 7.71. The molecule has 1 atom stereocenters. The number of β-amino-alcohol motifs (C(OH)–C–C–N with tert-alkyl or cyclic N) is 1. The second-order valence-electron chi connectivity index (χ2n) is 8.20. The minimum atomic E-state index is -0.545. The normalized spacial score (nSPS) is 15.8. The highest BCUT2D eigenvalue weighted by Gasteiger charge is 2.20. The summed E-state index contributed by atoms with van der Waals surface area (Å²) in [5.74, 6) is 1.12. The summed E-state index contributed by atoms with van der Waals surface area (Å²) in [4.78, 5) is 15.7. The minimum absolute atomic E-state index is 0.105. The second-order valence-corrected chi connectivity index (χ2v) is 8.20. The summed E-state index contributed by atoms with van der Waals surface area (Å²) >= 11 is 0. The van der Waals surface area contributed by atoms with E-state index < -0.39 is 6.10 Å². The zero-order valence-electron chi connectivity index (χ0n) is 18.2. The van der Waals surface area contributed by atoms with Gasteiger partial charge in [-0.2, -0.15) is 0 Å². The van der Waals surface area contributed by atoms with Crippen LogP contribution in [0.3, 0.4) is 0 Å². The molecule has 1 amide bonds. The van der Waals surface area contributed by atoms with Gasteiger partial charge < -0.3 is 20.1 Å². The fourth-order valence-electron chi connectivity index (χ4n) is 3.64. The van der Waals surface area contributed by atoms with Crippen molar-refractivity contribution >= 4 is 17.3 Å². The van der Waals surface area contributed by atoms with Crippen molar-refractivity contribution in [2.45, 2.75) is 32.8 Å². The van der Waals surface area contributed by atoms with E-state index >= 15 is 0 Å². The summed E-state index contributed by atoms with van der Waals surface area (Å²) in [6.45, 7) is 10.5. The van der Waals surface area contributed by atoms with Crippen LogP contribution in [0, 0.1) is 0 Å². The number of aliphatic hydroxyl groups is 1. The average molecular weight is 412 g/mol. The minimum Gasteiger partial charge on any atom is -0.491 e. The van der Waals surface area contributed by atoms with E-state index in [0.29, 0.717) is 18.2 Å². The van der Waals surface area contributed by atoms with Crippen LogP contribution in [0.15, 0.2) is 48.5 Å². The molecule has 6 nitrogen and oxygen atoms in total. The number of anilines is 2. The first kappa shape index (κ1) is 22.1. The lowest BCUT2D eigenvalue weighted by atomic mass is 10.0. The van der Waals surface area contributed by atoms with Crippen molar-refractivity contribution in [1.29, 1.82) is 0 Å². The SMILES string of the molecule is CC(=O)Nc1ccc(OC[C@@H](O)CN2CCN(c3ccc(C(C)C)cc3)CC2)cc1. The third-order valence-corrected chi connectivity index (χ3v) is 5.38. The van der Waals surface area contributed by atoms with Gasteiger partial charge in [0, 0.05) is 51.0 Å². The van der Waals surface area contributed by atoms with Crippen molar-refractivity contribution in [3.63, 3.8) is 0 Å². The van der Waals surface area contributed by atoms with Crippen molar-refractivity contribution in [2.24, 2.45) is 0 Å². The van der Waals surface area contributed by atoms with Crippen LogP contribution in [0.1, 0.15) is 32.3 Å². The van der Waals surface area contributed by atoms with Crippen LogP contribution in [0.2, 0.25) is 0 Å². The van der Waals surface area contributed by atoms with Crippen LogP contribution in [-0.2, 0) is 4.79 Å². The molecule has 1 fully saturated rings. The quantitative estimate of drug-likeness (QED) is 0.698. The average Bonchev–Trinajstić information content (AvgIpc) is 2.73. The number of ether oxygens (including phenoxy) is 1. The number of benzene rings is 2. The lowest BCUT2D eigenvalue weighted by molar-refractivity contribution is -0.114. The monoisotopic (exact) mass is 411 g/mol. The van der Waals surface area contributed by atoms with Gasteiger partial charge in [-0.3, -0.25) is 9.69 Å². The first-order valence-electron chi connectivity index (χ1n) is 10.7. The zero-order chi connectivity index (χ0) is 21.5. The van der Waals surface area contributed by atoms with Gasteiger partial charge >= 0.3 is 0 Å². The maximum Gasteiger partial charge on any atom is 0.221 e. The maximum atomic E-state index is 11.1. The van der Waals surface area contributed by atoms with Crippen molar-refractivity contribution in [1.82, 2.24) is 4.90 Å². The molecule has 2 N–H and O–H groups in total. The van der Waals surface area contributed by atoms with Crippen molar-refractivity contribution in [2.75, 3.05) is 49.5 Å². The van der Waals surface area contributed by atoms with E-state index in [1.807, 2.05) is 0 Å². The Labute approximate surface area is 179 Å². The molecule has 3 rings (SSSR count). The van der Waals surface area contributed by atoms with Gasteiger partial charge in [0.2, 0.25) is 5.91 Å². The van der Waals surface area contributed by atoms with Gasteiger partial charge in [0.05, 0.1) is 0 Å². The first-order chi connectivity index (χ1) is 14.4. The van der Waals surface area contributed by atoms with Gasteiger partial charge in [-0.15, -0.1) is 0 Å². The van der Waals surface area contributed by atoms with E-state index in [2.05, 4.69) is 53.2 Å². The van der Waals surface area contributed by atoms with E-state index in [9.17, 15) is 9.90 Å². The second kappa shape index (κ2) is 10.5. The van der Waals surface area contributed by atoms with Crippen molar-refractivity contribution < 1.29 is 14.6 Å². The van der Waals surface area contributed by atoms with E-state index in [1.165, 1.54) is 18.2 Å². The number of piperazine rings is 1. The van der Waals surface area contributed by atoms with Crippen molar-refractivity contribution in [3.05, 3.63) is 54.1 Å². The Morgan fingerprint density at radius 2 is 1.67 bits per heavy atom. The number of hydrogen-bond donors (Lipinski definition) is 2. The summed E-state index contributed by atoms with van der Waals surface area (Å²) in [6, 6.07) is 16.0. The molecule has 0 radical (unpaired) electrons. The van der Waals surface area contributed by atoms with Crippen LogP contribution in [0.4, 0.5) is 11.4 Å². The fraction of sp³-hybridized carbons (Fsp3) is 0.458. The molecule has 1 aliphatic rings. The Hall–Kier alpha value is -2.57. The van der Waals surface area contributed by atoms with E-state index in [0.717, 1.165) is 31.9 Å². The number of hydrogen-bond acceptors (Lipinski definition) is 5. The van der Waals surface area contributed by atoms with Gasteiger partial charge in [-0.1, -0.05) is 26.0 Å². The van der Waals surface area contributed by atoms with E-state index in [1.54, 1.807) is 24.3 Å². The molecule has 0 saturated carbocycles. The van der Waals surface area contributed by atoms with E-state index in [4.69, 9.17) is 4.74 Å². The van der Waals surface area contributed by atoms with Crippen LogP contribution >= 0.6 is 0 Å². The Morgan fingerprint density at radius 1 is 1.03 bits per heavy atom. The summed E-state index contributed by atoms with van der Waals surface area (Å²) in [7, 11) is 0. The first-order valence-corrected chi connectivity index (χ1v) is 10.7. The summed E-state index contributed by atoms with van der Waals surface area (Å²) < 4.78 is 5.69. The Balaban J connectivity index is 1.39. The molecule has 2 aromatic carbocycles. The van der Waals surface area contributed by atoms with Gasteiger partial charge in [0.1, 0.15) is 18.5 Å². The Morgan fingerprint density at radius 3 is 2.23 bits per heavy atom. The molecule has 1 saturated heterocycles. The number of amides is 1. The lowest BCUT2D eigenvalue weighted by Crippen LogP contribution is -2.49. The molecule has 0 bridgehead atoms. The number of carbonyl (C=O) groups excluding carboxylic acids is 1. The van der Waals surface area contributed by atoms with Crippen LogP contribution in [-0.4, -0.2) is 61.3 Å². The largest absolute Gasteiger partial charge is 0.491 e. The molecule has 2 aromatic rings. The predicted molar refractivity (Wildman–Crippen MR) is 121 cm³/mol. The topological polar surface area (TPSA) is 65.0 Å². The number of rotatable bonds is 8. The lowest BCUT2D eigenvalue weighted by Gasteiger charge is -2.37. The number of aliphatic hydroxyl groups excluding tert-OH is 1. The maximum absolute atomic E-state index is 11.1. The molecule has 30 heavy (non-hydrogen) atoms. The zero-order valence-corrected chi connectivity index (χ0v) is 18.2. The van der Waals surface area contributed by atoms with Gasteiger partial charge in [-0.05, 0) is 47.9 Å². The highest BCUT2D eigenvalue weighted by molar-refractivity contribution is 5.88. The van der Waals surface area contributed by atoms with Gasteiger partial charge in [-0.25, -0.2) is 0 Å². The molecule has 0 spiro atoms. The molecular weight excluding hydrogens is 378 g/mol. The standard InChI is InChI=1S/C24H33N3O3/c1-18(2)20-4-8-22(9-5-20)27-14-12-26(13-15-27)16-23(29)17-30-24-10-6-21(7-11-24)25-19(3)28/h4-11,18,23,29H,12-17H2,1-3H3,(H,25,28)/t23-/m0/s1. The van der Waals surface area contributed by atoms with Crippen LogP contribution in [0.5, 0.6) is 5.75 Å². The smallest absolute Gasteiger partial charge is 0.221 e. The molecule has 0 aromatic heterocycles. The fourth-order valence-corrected chi connectivity index (χ4v) is 3.64. The molecule has 162 valence electrons. The predicted octanol–water partition coefficient (Wildman–Crippen LogP) is 3.33. The van der Waals surface area contributed by atoms with Crippen molar-refractivity contribution in [3.8, 4) is 5.75 Å². The third-order valence-electron chi connectivity index (χ3n) is 5.38. The van der Waals surface area contributed by atoms with Gasteiger partial charge in [0.25, 0.3) is 0 Å². The number of nitrogens with zero attached hydrogens (tertiary/aromatic N) is 2. The summed E-state index contributed by atoms with van der Waals surface area (Å²) in [5, 5.41) is 13.1. The summed E-state index contributed by atoms with van der Waals surface area (Å²) in [6.07, 6.45) is -0.545. The van der Waals surface area contributed by atoms with E-state index in [-0.39, 0.29) is 12.5 Å². The van der Waals surface area contributed by atoms with Gasteiger partial charge in [0.15, 0.2) is 0 Å². The molecule has 1 heterocycles. The third kappa shape index (κ3) is 6.47. The Bertz CT molecular complexity index is 797. The number of carbonyl (C=O) groups is 1.